The number of nitrogens with two attached hydrogens (primary N) is 1. The quantitative estimate of drug-likeness (QED) is 0.848. The first kappa shape index (κ1) is 10.9. The van der Waals surface area contributed by atoms with Crippen LogP contribution in [0.1, 0.15) is 18.2 Å². The summed E-state index contributed by atoms with van der Waals surface area (Å²) in [5.41, 5.74) is 7.95. The second-order valence-corrected chi connectivity index (χ2v) is 4.39. The summed E-state index contributed by atoms with van der Waals surface area (Å²) in [7, 11) is 1.83. The fourth-order valence-corrected chi connectivity index (χ4v) is 2.14. The van der Waals surface area contributed by atoms with Crippen LogP contribution >= 0.6 is 11.3 Å². The molecule has 0 aromatic carbocycles. The molecule has 2 aromatic heterocycles. The van der Waals surface area contributed by atoms with Crippen LogP contribution < -0.4 is 11.1 Å². The Kier molecular flexibility index (Phi) is 3.09. The summed E-state index contributed by atoms with van der Waals surface area (Å²) >= 11 is 1.62. The summed E-state index contributed by atoms with van der Waals surface area (Å²) < 4.78 is 1.66. The first-order valence-electron chi connectivity index (χ1n) is 5.15. The van der Waals surface area contributed by atoms with Crippen molar-refractivity contribution in [2.45, 2.75) is 19.9 Å². The van der Waals surface area contributed by atoms with Crippen molar-refractivity contribution >= 4 is 22.3 Å². The molecule has 0 unspecified atom stereocenters. The highest BCUT2D eigenvalue weighted by Crippen LogP contribution is 2.18. The third kappa shape index (κ3) is 2.16. The molecule has 16 heavy (non-hydrogen) atoms. The van der Waals surface area contributed by atoms with Gasteiger partial charge in [-0.2, -0.15) is 5.10 Å². The minimum absolute atomic E-state index is 0.663. The molecule has 0 aliphatic heterocycles. The predicted molar refractivity (Wildman–Crippen MR) is 66.4 cm³/mol. The average molecular weight is 237 g/mol. The Morgan fingerprint density at radius 2 is 2.38 bits per heavy atom. The van der Waals surface area contributed by atoms with Crippen LogP contribution in [0.15, 0.2) is 11.6 Å². The van der Waals surface area contributed by atoms with Gasteiger partial charge in [0.2, 0.25) is 0 Å². The number of rotatable bonds is 4. The maximum atomic E-state index is 5.84. The van der Waals surface area contributed by atoms with Gasteiger partial charge in [-0.15, -0.1) is 11.3 Å². The van der Waals surface area contributed by atoms with Crippen LogP contribution in [-0.2, 0) is 20.0 Å². The number of aryl methyl sites for hydroxylation is 2. The zero-order valence-electron chi connectivity index (χ0n) is 9.40. The molecule has 0 spiro atoms. The van der Waals surface area contributed by atoms with Crippen molar-refractivity contribution in [1.82, 2.24) is 14.8 Å². The molecule has 6 heteroatoms. The van der Waals surface area contributed by atoms with Crippen LogP contribution in [0.4, 0.5) is 10.9 Å². The van der Waals surface area contributed by atoms with E-state index in [4.69, 9.17) is 5.73 Å². The van der Waals surface area contributed by atoms with E-state index in [-0.39, 0.29) is 0 Å². The van der Waals surface area contributed by atoms with Gasteiger partial charge in [0, 0.05) is 24.5 Å². The summed E-state index contributed by atoms with van der Waals surface area (Å²) in [6.07, 6.45) is 2.74. The lowest BCUT2D eigenvalue weighted by Crippen LogP contribution is -2.03. The van der Waals surface area contributed by atoms with Gasteiger partial charge in [-0.1, -0.05) is 6.92 Å². The van der Waals surface area contributed by atoms with Crippen molar-refractivity contribution in [1.29, 1.82) is 0 Å². The Labute approximate surface area is 98.3 Å². The number of hydrogen-bond donors (Lipinski definition) is 2. The fourth-order valence-electron chi connectivity index (χ4n) is 1.35. The zero-order chi connectivity index (χ0) is 11.5. The molecule has 0 amide bonds. The van der Waals surface area contributed by atoms with E-state index in [0.717, 1.165) is 22.8 Å². The van der Waals surface area contributed by atoms with Crippen molar-refractivity contribution in [2.24, 2.45) is 7.05 Å². The SMILES string of the molecule is CCc1csc(NCc2cnn(C)c2N)n1. The number of nitrogens with zero attached hydrogens (tertiary/aromatic N) is 3. The minimum atomic E-state index is 0.663. The van der Waals surface area contributed by atoms with Crippen molar-refractivity contribution in [2.75, 3.05) is 11.1 Å². The summed E-state index contributed by atoms with van der Waals surface area (Å²) in [4.78, 5) is 4.42. The number of aromatic nitrogens is 3. The van der Waals surface area contributed by atoms with E-state index < -0.39 is 0 Å². The van der Waals surface area contributed by atoms with Gasteiger partial charge in [-0.25, -0.2) is 4.98 Å². The summed E-state index contributed by atoms with van der Waals surface area (Å²) in [6, 6.07) is 0. The third-order valence-corrected chi connectivity index (χ3v) is 3.26. The number of anilines is 2. The van der Waals surface area contributed by atoms with Gasteiger partial charge >= 0.3 is 0 Å². The lowest BCUT2D eigenvalue weighted by molar-refractivity contribution is 0.778. The largest absolute Gasteiger partial charge is 0.384 e. The van der Waals surface area contributed by atoms with E-state index in [2.05, 4.69) is 27.7 Å². The predicted octanol–water partition coefficient (Wildman–Crippen LogP) is 1.63. The highest BCUT2D eigenvalue weighted by molar-refractivity contribution is 7.13. The van der Waals surface area contributed by atoms with E-state index in [1.165, 1.54) is 0 Å². The Morgan fingerprint density at radius 1 is 1.56 bits per heavy atom. The van der Waals surface area contributed by atoms with E-state index in [0.29, 0.717) is 12.4 Å². The highest BCUT2D eigenvalue weighted by atomic mass is 32.1. The van der Waals surface area contributed by atoms with Crippen LogP contribution in [-0.4, -0.2) is 14.8 Å². The summed E-state index contributed by atoms with van der Waals surface area (Å²) in [5.74, 6) is 0.694. The Morgan fingerprint density at radius 3 is 2.94 bits per heavy atom. The lowest BCUT2D eigenvalue weighted by Gasteiger charge is -2.01. The topological polar surface area (TPSA) is 68.8 Å². The van der Waals surface area contributed by atoms with Gasteiger partial charge in [0.05, 0.1) is 11.9 Å². The van der Waals surface area contributed by atoms with E-state index >= 15 is 0 Å². The molecule has 0 aliphatic carbocycles. The second-order valence-electron chi connectivity index (χ2n) is 3.53. The minimum Gasteiger partial charge on any atom is -0.384 e. The standard InChI is InChI=1S/C10H15N5S/c1-3-8-6-16-10(14-8)12-4-7-5-13-15(2)9(7)11/h5-6H,3-4,11H2,1-2H3,(H,12,14). The molecular weight excluding hydrogens is 222 g/mol. The Balaban J connectivity index is 1.99. The molecule has 0 saturated carbocycles. The molecule has 0 bridgehead atoms. The van der Waals surface area contributed by atoms with Gasteiger partial charge in [0.25, 0.3) is 0 Å². The molecule has 0 aliphatic rings. The smallest absolute Gasteiger partial charge is 0.183 e. The van der Waals surface area contributed by atoms with Crippen molar-refractivity contribution < 1.29 is 0 Å². The van der Waals surface area contributed by atoms with Gasteiger partial charge in [0.15, 0.2) is 5.13 Å². The van der Waals surface area contributed by atoms with Crippen LogP contribution in [0, 0.1) is 0 Å². The first-order chi connectivity index (χ1) is 7.70. The Bertz CT molecular complexity index is 473. The summed E-state index contributed by atoms with van der Waals surface area (Å²) in [5, 5.41) is 10.3. The Hall–Kier alpha value is -1.56. The number of nitrogen functional groups attached to an aromatic ring is 1. The lowest BCUT2D eigenvalue weighted by atomic mass is 10.3. The number of hydrogen-bond acceptors (Lipinski definition) is 5. The monoisotopic (exact) mass is 237 g/mol. The molecule has 3 N–H and O–H groups in total. The van der Waals surface area contributed by atoms with Crippen LogP contribution in [0.3, 0.4) is 0 Å². The molecule has 5 nitrogen and oxygen atoms in total. The van der Waals surface area contributed by atoms with Crippen LogP contribution in [0.25, 0.3) is 0 Å². The van der Waals surface area contributed by atoms with Gasteiger partial charge in [-0.05, 0) is 6.42 Å². The molecule has 0 atom stereocenters. The first-order valence-corrected chi connectivity index (χ1v) is 6.03. The van der Waals surface area contributed by atoms with E-state index in [1.54, 1.807) is 22.2 Å². The molecule has 86 valence electrons. The van der Waals surface area contributed by atoms with Gasteiger partial charge < -0.3 is 11.1 Å². The molecule has 0 radical (unpaired) electrons. The van der Waals surface area contributed by atoms with Crippen molar-refractivity contribution in [3.63, 3.8) is 0 Å². The average Bonchev–Trinajstić information content (AvgIpc) is 2.86. The third-order valence-electron chi connectivity index (χ3n) is 2.41. The molecule has 0 fully saturated rings. The normalized spacial score (nSPS) is 10.6. The van der Waals surface area contributed by atoms with Crippen molar-refractivity contribution in [3.8, 4) is 0 Å². The maximum Gasteiger partial charge on any atom is 0.183 e. The van der Waals surface area contributed by atoms with Gasteiger partial charge in [-0.3, -0.25) is 4.68 Å². The molecule has 0 saturated heterocycles. The molecule has 2 rings (SSSR count). The van der Waals surface area contributed by atoms with Crippen LogP contribution in [0.5, 0.6) is 0 Å². The molecule has 2 aromatic rings. The van der Waals surface area contributed by atoms with Crippen molar-refractivity contribution in [3.05, 3.63) is 22.8 Å². The van der Waals surface area contributed by atoms with Crippen LogP contribution in [0.2, 0.25) is 0 Å². The summed E-state index contributed by atoms with van der Waals surface area (Å²) in [6.45, 7) is 2.76. The maximum absolute atomic E-state index is 5.84. The second kappa shape index (κ2) is 4.52. The fraction of sp³-hybridized carbons (Fsp3) is 0.400. The van der Waals surface area contributed by atoms with Gasteiger partial charge in [0.1, 0.15) is 5.82 Å². The van der Waals surface area contributed by atoms with E-state index in [1.807, 2.05) is 7.05 Å². The zero-order valence-corrected chi connectivity index (χ0v) is 10.2. The molecule has 2 heterocycles. The number of nitrogens with one attached hydrogen (secondary N) is 1. The highest BCUT2D eigenvalue weighted by Gasteiger charge is 2.05. The molecular formula is C10H15N5S. The van der Waals surface area contributed by atoms with E-state index in [9.17, 15) is 0 Å². The number of thiazole rings is 1.